The number of esters is 2. The van der Waals surface area contributed by atoms with Gasteiger partial charge in [-0.15, -0.1) is 11.3 Å². The van der Waals surface area contributed by atoms with Crippen LogP contribution in [0.2, 0.25) is 0 Å². The first-order valence-electron chi connectivity index (χ1n) is 5.57. The zero-order chi connectivity index (χ0) is 13.8. The summed E-state index contributed by atoms with van der Waals surface area (Å²) in [7, 11) is 1.29. The van der Waals surface area contributed by atoms with E-state index in [4.69, 9.17) is 4.74 Å². The van der Waals surface area contributed by atoms with Gasteiger partial charge < -0.3 is 9.47 Å². The summed E-state index contributed by atoms with van der Waals surface area (Å²) in [5.74, 6) is -0.764. The largest absolute Gasteiger partial charge is 0.465 e. The van der Waals surface area contributed by atoms with Gasteiger partial charge in [-0.25, -0.2) is 9.59 Å². The summed E-state index contributed by atoms with van der Waals surface area (Å²) in [5.41, 5.74) is 0.945. The molecule has 0 amide bonds. The summed E-state index contributed by atoms with van der Waals surface area (Å²) < 4.78 is 9.99. The van der Waals surface area contributed by atoms with Crippen molar-refractivity contribution in [2.24, 2.45) is 0 Å². The Morgan fingerprint density at radius 1 is 1.11 bits per heavy atom. The maximum atomic E-state index is 11.9. The second-order valence-corrected chi connectivity index (χ2v) is 4.76. The van der Waals surface area contributed by atoms with Gasteiger partial charge in [0.05, 0.1) is 7.11 Å². The molecule has 0 saturated carbocycles. The molecule has 0 aliphatic carbocycles. The average Bonchev–Trinajstić information content (AvgIpc) is 2.94. The monoisotopic (exact) mass is 276 g/mol. The highest BCUT2D eigenvalue weighted by Gasteiger charge is 2.19. The van der Waals surface area contributed by atoms with Gasteiger partial charge in [0.15, 0.2) is 0 Å². The van der Waals surface area contributed by atoms with E-state index in [0.29, 0.717) is 10.4 Å². The van der Waals surface area contributed by atoms with Crippen LogP contribution < -0.4 is 4.74 Å². The Morgan fingerprint density at radius 2 is 1.89 bits per heavy atom. The summed E-state index contributed by atoms with van der Waals surface area (Å²) in [6.07, 6.45) is 0. The molecule has 1 heterocycles. The molecule has 1 aromatic carbocycles. The van der Waals surface area contributed by atoms with Crippen molar-refractivity contribution < 1.29 is 19.1 Å². The topological polar surface area (TPSA) is 52.6 Å². The van der Waals surface area contributed by atoms with Crippen LogP contribution in [0.4, 0.5) is 0 Å². The molecule has 1 aromatic heterocycles. The molecule has 0 bridgehead atoms. The number of carbonyl (C=O) groups is 2. The van der Waals surface area contributed by atoms with Gasteiger partial charge in [0.1, 0.15) is 16.2 Å². The predicted octanol–water partition coefficient (Wildman–Crippen LogP) is 3.06. The molecule has 2 aromatic rings. The third kappa shape index (κ3) is 2.82. The molecule has 0 aliphatic heterocycles. The molecule has 0 N–H and O–H groups in total. The molecule has 98 valence electrons. The van der Waals surface area contributed by atoms with Crippen LogP contribution >= 0.6 is 11.3 Å². The van der Waals surface area contributed by atoms with Crippen molar-refractivity contribution in [3.63, 3.8) is 0 Å². The Bertz CT molecular complexity index is 602. The van der Waals surface area contributed by atoms with E-state index >= 15 is 0 Å². The van der Waals surface area contributed by atoms with Crippen LogP contribution in [-0.2, 0) is 4.74 Å². The molecule has 4 nitrogen and oxygen atoms in total. The highest BCUT2D eigenvalue weighted by Crippen LogP contribution is 2.25. The first kappa shape index (κ1) is 13.3. The maximum absolute atomic E-state index is 11.9. The molecular formula is C14H12O4S. The number of hydrogen-bond acceptors (Lipinski definition) is 5. The number of rotatable bonds is 3. The molecular weight excluding hydrogens is 264 g/mol. The fraction of sp³-hybridized carbons (Fsp3) is 0.143. The third-order valence-electron chi connectivity index (χ3n) is 2.53. The molecule has 5 heteroatoms. The lowest BCUT2D eigenvalue weighted by atomic mass is 10.1. The highest BCUT2D eigenvalue weighted by molar-refractivity contribution is 7.12. The van der Waals surface area contributed by atoms with E-state index in [2.05, 4.69) is 4.74 Å². The maximum Gasteiger partial charge on any atom is 0.353 e. The SMILES string of the molecule is COC(=O)c1cccc(C)c1OC(=O)c1cccs1. The zero-order valence-corrected chi connectivity index (χ0v) is 11.3. The molecule has 0 fully saturated rings. The Kier molecular flexibility index (Phi) is 3.97. The van der Waals surface area contributed by atoms with Crippen molar-refractivity contribution in [2.75, 3.05) is 7.11 Å². The second kappa shape index (κ2) is 5.67. The smallest absolute Gasteiger partial charge is 0.353 e. The molecule has 0 unspecified atom stereocenters. The van der Waals surface area contributed by atoms with Crippen molar-refractivity contribution in [3.8, 4) is 5.75 Å². The quantitative estimate of drug-likeness (QED) is 0.638. The van der Waals surface area contributed by atoms with Crippen LogP contribution in [0.15, 0.2) is 35.7 Å². The summed E-state index contributed by atoms with van der Waals surface area (Å²) in [4.78, 5) is 24.1. The number of carbonyl (C=O) groups excluding carboxylic acids is 2. The van der Waals surface area contributed by atoms with Crippen LogP contribution in [0.1, 0.15) is 25.6 Å². The van der Waals surface area contributed by atoms with Gasteiger partial charge in [-0.05, 0) is 30.0 Å². The van der Waals surface area contributed by atoms with E-state index in [1.165, 1.54) is 18.4 Å². The van der Waals surface area contributed by atoms with Crippen LogP contribution in [0.3, 0.4) is 0 Å². The first-order chi connectivity index (χ1) is 9.13. The average molecular weight is 276 g/mol. The number of benzene rings is 1. The first-order valence-corrected chi connectivity index (χ1v) is 6.45. The van der Waals surface area contributed by atoms with Crippen molar-refractivity contribution in [3.05, 3.63) is 51.7 Å². The second-order valence-electron chi connectivity index (χ2n) is 3.81. The Morgan fingerprint density at radius 3 is 2.53 bits per heavy atom. The Hall–Kier alpha value is -2.14. The summed E-state index contributed by atoms with van der Waals surface area (Å²) in [6.45, 7) is 1.77. The van der Waals surface area contributed by atoms with E-state index in [-0.39, 0.29) is 11.3 Å². The molecule has 0 saturated heterocycles. The van der Waals surface area contributed by atoms with Crippen molar-refractivity contribution in [1.82, 2.24) is 0 Å². The number of hydrogen-bond donors (Lipinski definition) is 0. The van der Waals surface area contributed by atoms with E-state index in [9.17, 15) is 9.59 Å². The standard InChI is InChI=1S/C14H12O4S/c1-9-5-3-6-10(13(15)17-2)12(9)18-14(16)11-7-4-8-19-11/h3-8H,1-2H3. The van der Waals surface area contributed by atoms with Gasteiger partial charge in [0.25, 0.3) is 0 Å². The summed E-state index contributed by atoms with van der Waals surface area (Å²) in [5, 5.41) is 1.79. The van der Waals surface area contributed by atoms with E-state index in [1.54, 1.807) is 42.6 Å². The van der Waals surface area contributed by atoms with Crippen LogP contribution in [-0.4, -0.2) is 19.0 Å². The number of methoxy groups -OCH3 is 1. The molecule has 0 aliphatic rings. The fourth-order valence-electron chi connectivity index (χ4n) is 1.60. The minimum Gasteiger partial charge on any atom is -0.465 e. The van der Waals surface area contributed by atoms with Gasteiger partial charge in [-0.3, -0.25) is 0 Å². The lowest BCUT2D eigenvalue weighted by molar-refractivity contribution is 0.0593. The predicted molar refractivity (Wildman–Crippen MR) is 71.8 cm³/mol. The summed E-state index contributed by atoms with van der Waals surface area (Å²) >= 11 is 1.29. The third-order valence-corrected chi connectivity index (χ3v) is 3.38. The van der Waals surface area contributed by atoms with Crippen molar-refractivity contribution in [1.29, 1.82) is 0 Å². The van der Waals surface area contributed by atoms with E-state index in [0.717, 1.165) is 0 Å². The molecule has 2 rings (SSSR count). The van der Waals surface area contributed by atoms with Crippen molar-refractivity contribution in [2.45, 2.75) is 6.92 Å². The highest BCUT2D eigenvalue weighted by atomic mass is 32.1. The number of para-hydroxylation sites is 1. The van der Waals surface area contributed by atoms with Crippen molar-refractivity contribution >= 4 is 23.3 Å². The lowest BCUT2D eigenvalue weighted by Crippen LogP contribution is -2.12. The van der Waals surface area contributed by atoms with E-state index < -0.39 is 11.9 Å². The normalized spacial score (nSPS) is 10.0. The Balaban J connectivity index is 2.34. The minimum absolute atomic E-state index is 0.243. The molecule has 0 spiro atoms. The van der Waals surface area contributed by atoms with Gasteiger partial charge in [0, 0.05) is 0 Å². The van der Waals surface area contributed by atoms with E-state index in [1.807, 2.05) is 0 Å². The van der Waals surface area contributed by atoms with Crippen LogP contribution in [0.25, 0.3) is 0 Å². The number of aryl methyl sites for hydroxylation is 1. The van der Waals surface area contributed by atoms with Gasteiger partial charge in [0.2, 0.25) is 0 Å². The van der Waals surface area contributed by atoms with Crippen LogP contribution in [0, 0.1) is 6.92 Å². The Labute approximate surface area is 114 Å². The molecule has 0 atom stereocenters. The lowest BCUT2D eigenvalue weighted by Gasteiger charge is -2.10. The van der Waals surface area contributed by atoms with Gasteiger partial charge in [-0.1, -0.05) is 18.2 Å². The summed E-state index contributed by atoms with van der Waals surface area (Å²) in [6, 6.07) is 8.48. The van der Waals surface area contributed by atoms with Crippen LogP contribution in [0.5, 0.6) is 5.75 Å². The molecule has 0 radical (unpaired) electrons. The van der Waals surface area contributed by atoms with Gasteiger partial charge >= 0.3 is 11.9 Å². The number of thiophene rings is 1. The van der Waals surface area contributed by atoms with Gasteiger partial charge in [-0.2, -0.15) is 0 Å². The fourth-order valence-corrected chi connectivity index (χ4v) is 2.20. The zero-order valence-electron chi connectivity index (χ0n) is 10.5. The molecule has 19 heavy (non-hydrogen) atoms. The number of ether oxygens (including phenoxy) is 2. The minimum atomic E-state index is -0.530.